The van der Waals surface area contributed by atoms with Crippen molar-refractivity contribution >= 4 is 39.5 Å². The van der Waals surface area contributed by atoms with Gasteiger partial charge in [0.25, 0.3) is 0 Å². The molecule has 0 aromatic rings. The van der Waals surface area contributed by atoms with Crippen molar-refractivity contribution in [1.29, 1.82) is 0 Å². The third-order valence-electron chi connectivity index (χ3n) is 14.7. The third-order valence-corrected chi connectivity index (χ3v) is 16.6. The minimum absolute atomic E-state index is 0.103. The van der Waals surface area contributed by atoms with Gasteiger partial charge in [-0.25, -0.2) is 9.13 Å². The van der Waals surface area contributed by atoms with E-state index in [4.69, 9.17) is 37.0 Å². The van der Waals surface area contributed by atoms with E-state index in [-0.39, 0.29) is 25.7 Å². The summed E-state index contributed by atoms with van der Waals surface area (Å²) in [5.74, 6) is -0.712. The summed E-state index contributed by atoms with van der Waals surface area (Å²) >= 11 is 0. The van der Waals surface area contributed by atoms with Crippen LogP contribution in [0.4, 0.5) is 0 Å². The second kappa shape index (κ2) is 56.6. The highest BCUT2D eigenvalue weighted by Gasteiger charge is 2.30. The standard InChI is InChI=1S/C64H124O17P2/c1-7-9-11-13-15-17-19-20-22-30-36-42-48-63(68)80-59(52-75-62(67)47-41-35-29-24-23-26-32-38-44-56(3)4)54-78-82(70,71)76-50-58(65)51-77-83(72,73)79-55-60(81-64(69)49-43-37-31-25-27-33-39-45-57(5)6)53-74-61(66)46-40-34-28-21-18-16-14-12-10-8-2/h56-60,65H,7-55H2,1-6H3,(H,70,71)(H,72,73)/t58-,59-,60-/m1/s1. The van der Waals surface area contributed by atoms with Crippen molar-refractivity contribution in [3.05, 3.63) is 0 Å². The molecule has 0 saturated heterocycles. The molecule has 19 heteroatoms. The SMILES string of the molecule is CCCCCCCCCCCCCCC(=O)O[C@H](COC(=O)CCCCCCCCCCC(C)C)COP(=O)(O)OC[C@@H](O)COP(=O)(O)OC[C@@H](COC(=O)CCCCCCCCCCCC)OC(=O)CCCCCCCCCC(C)C. The molecule has 492 valence electrons. The molecule has 0 aliphatic carbocycles. The highest BCUT2D eigenvalue weighted by molar-refractivity contribution is 7.47. The van der Waals surface area contributed by atoms with Gasteiger partial charge in [0.2, 0.25) is 0 Å². The largest absolute Gasteiger partial charge is 0.472 e. The first-order valence-electron chi connectivity index (χ1n) is 33.5. The van der Waals surface area contributed by atoms with E-state index in [0.29, 0.717) is 31.6 Å². The number of unbranched alkanes of at least 4 members (excludes halogenated alkanes) is 33. The molecule has 0 bridgehead atoms. The second-order valence-corrected chi connectivity index (χ2v) is 27.0. The molecule has 2 unspecified atom stereocenters. The van der Waals surface area contributed by atoms with Gasteiger partial charge in [-0.3, -0.25) is 37.3 Å². The van der Waals surface area contributed by atoms with Gasteiger partial charge in [-0.2, -0.15) is 0 Å². The molecule has 0 fully saturated rings. The molecule has 0 aromatic heterocycles. The lowest BCUT2D eigenvalue weighted by molar-refractivity contribution is -0.161. The molecule has 5 atom stereocenters. The minimum atomic E-state index is -4.94. The minimum Gasteiger partial charge on any atom is -0.462 e. The lowest BCUT2D eigenvalue weighted by atomic mass is 10.0. The number of phosphoric acid groups is 2. The van der Waals surface area contributed by atoms with Crippen molar-refractivity contribution in [3.63, 3.8) is 0 Å². The van der Waals surface area contributed by atoms with Crippen LogP contribution in [0.1, 0.15) is 318 Å². The predicted octanol–water partition coefficient (Wildman–Crippen LogP) is 17.7. The van der Waals surface area contributed by atoms with Crippen molar-refractivity contribution in [2.45, 2.75) is 336 Å². The molecule has 0 saturated carbocycles. The average Bonchev–Trinajstić information content (AvgIpc) is 3.47. The second-order valence-electron chi connectivity index (χ2n) is 24.1. The fraction of sp³-hybridized carbons (Fsp3) is 0.938. The number of hydrogen-bond donors (Lipinski definition) is 3. The Morgan fingerprint density at radius 2 is 0.554 bits per heavy atom. The lowest BCUT2D eigenvalue weighted by Gasteiger charge is -2.21. The van der Waals surface area contributed by atoms with Crippen LogP contribution in [0.15, 0.2) is 0 Å². The van der Waals surface area contributed by atoms with E-state index in [1.165, 1.54) is 135 Å². The van der Waals surface area contributed by atoms with Gasteiger partial charge in [-0.1, -0.05) is 266 Å². The number of rotatable bonds is 63. The van der Waals surface area contributed by atoms with Crippen LogP contribution >= 0.6 is 15.6 Å². The molecule has 3 N–H and O–H groups in total. The van der Waals surface area contributed by atoms with E-state index in [1.807, 2.05) is 0 Å². The van der Waals surface area contributed by atoms with Crippen LogP contribution in [0.5, 0.6) is 0 Å². The monoisotopic (exact) mass is 1230 g/mol. The first kappa shape index (κ1) is 81.1. The van der Waals surface area contributed by atoms with Crippen LogP contribution in [0, 0.1) is 11.8 Å². The third kappa shape index (κ3) is 58.8. The van der Waals surface area contributed by atoms with Crippen LogP contribution in [0.25, 0.3) is 0 Å². The first-order valence-corrected chi connectivity index (χ1v) is 36.5. The Labute approximate surface area is 505 Å². The Bertz CT molecular complexity index is 1630. The molecular formula is C64H124O17P2. The Hall–Kier alpha value is -1.94. The van der Waals surface area contributed by atoms with Crippen molar-refractivity contribution in [2.24, 2.45) is 11.8 Å². The van der Waals surface area contributed by atoms with E-state index < -0.39 is 97.5 Å². The highest BCUT2D eigenvalue weighted by Crippen LogP contribution is 2.45. The summed E-state index contributed by atoms with van der Waals surface area (Å²) in [4.78, 5) is 72.2. The van der Waals surface area contributed by atoms with Gasteiger partial charge in [0.05, 0.1) is 26.4 Å². The molecule has 0 heterocycles. The van der Waals surface area contributed by atoms with Crippen molar-refractivity contribution < 1.29 is 80.2 Å². The number of hydrogen-bond acceptors (Lipinski definition) is 15. The normalized spacial score (nSPS) is 14.3. The van der Waals surface area contributed by atoms with Crippen LogP contribution in [-0.2, 0) is 65.4 Å². The molecular weight excluding hydrogens is 1100 g/mol. The molecule has 17 nitrogen and oxygen atoms in total. The van der Waals surface area contributed by atoms with Gasteiger partial charge in [0.1, 0.15) is 19.3 Å². The zero-order valence-corrected chi connectivity index (χ0v) is 55.3. The molecule has 83 heavy (non-hydrogen) atoms. The number of aliphatic hydroxyl groups is 1. The summed E-state index contributed by atoms with van der Waals surface area (Å²) in [7, 11) is -9.89. The predicted molar refractivity (Wildman–Crippen MR) is 331 cm³/mol. The highest BCUT2D eigenvalue weighted by atomic mass is 31.2. The molecule has 0 aliphatic rings. The van der Waals surface area contributed by atoms with Crippen molar-refractivity contribution in [2.75, 3.05) is 39.6 Å². The zero-order valence-electron chi connectivity index (χ0n) is 53.5. The summed E-state index contributed by atoms with van der Waals surface area (Å²) in [6, 6.07) is 0. The fourth-order valence-electron chi connectivity index (χ4n) is 9.53. The molecule has 0 spiro atoms. The summed E-state index contributed by atoms with van der Waals surface area (Å²) < 4.78 is 68.0. The van der Waals surface area contributed by atoms with Crippen LogP contribution in [0.2, 0.25) is 0 Å². The van der Waals surface area contributed by atoms with E-state index in [0.717, 1.165) is 95.8 Å². The fourth-order valence-corrected chi connectivity index (χ4v) is 11.1. The molecule has 0 radical (unpaired) electrons. The van der Waals surface area contributed by atoms with Gasteiger partial charge in [-0.15, -0.1) is 0 Å². The van der Waals surface area contributed by atoms with Gasteiger partial charge >= 0.3 is 39.5 Å². The summed E-state index contributed by atoms with van der Waals surface area (Å²) in [5, 5.41) is 10.5. The summed E-state index contributed by atoms with van der Waals surface area (Å²) in [5.41, 5.74) is 0. The summed E-state index contributed by atoms with van der Waals surface area (Å²) in [6.45, 7) is 9.39. The van der Waals surface area contributed by atoms with Gasteiger partial charge in [0, 0.05) is 25.7 Å². The average molecular weight is 1230 g/mol. The summed E-state index contributed by atoms with van der Waals surface area (Å²) in [6.07, 6.45) is 39.0. The lowest BCUT2D eigenvalue weighted by Crippen LogP contribution is -2.30. The van der Waals surface area contributed by atoms with E-state index in [1.54, 1.807) is 0 Å². The number of carbonyl (C=O) groups is 4. The topological polar surface area (TPSA) is 237 Å². The first-order chi connectivity index (χ1) is 39.9. The van der Waals surface area contributed by atoms with E-state index in [2.05, 4.69) is 41.5 Å². The molecule has 0 rings (SSSR count). The van der Waals surface area contributed by atoms with Crippen LogP contribution in [0.3, 0.4) is 0 Å². The number of carbonyl (C=O) groups excluding carboxylic acids is 4. The van der Waals surface area contributed by atoms with E-state index >= 15 is 0 Å². The maximum absolute atomic E-state index is 13.0. The van der Waals surface area contributed by atoms with E-state index in [9.17, 15) is 43.2 Å². The van der Waals surface area contributed by atoms with Crippen molar-refractivity contribution in [1.82, 2.24) is 0 Å². The smallest absolute Gasteiger partial charge is 0.462 e. The quantitative estimate of drug-likeness (QED) is 0.0222. The van der Waals surface area contributed by atoms with Gasteiger partial charge < -0.3 is 33.8 Å². The zero-order chi connectivity index (χ0) is 61.5. The molecule has 0 aromatic carbocycles. The molecule has 0 amide bonds. The Morgan fingerprint density at radius 3 is 0.819 bits per heavy atom. The maximum Gasteiger partial charge on any atom is 0.472 e. The Balaban J connectivity index is 5.24. The number of phosphoric ester groups is 2. The van der Waals surface area contributed by atoms with Crippen LogP contribution < -0.4 is 0 Å². The Kier molecular flexibility index (Phi) is 55.2. The van der Waals surface area contributed by atoms with Gasteiger partial charge in [-0.05, 0) is 37.5 Å². The Morgan fingerprint density at radius 1 is 0.325 bits per heavy atom. The maximum atomic E-state index is 13.0. The number of aliphatic hydroxyl groups excluding tert-OH is 1. The van der Waals surface area contributed by atoms with Crippen molar-refractivity contribution in [3.8, 4) is 0 Å². The van der Waals surface area contributed by atoms with Gasteiger partial charge in [0.15, 0.2) is 12.2 Å². The number of esters is 4. The molecule has 0 aliphatic heterocycles. The van der Waals surface area contributed by atoms with Crippen LogP contribution in [-0.4, -0.2) is 96.7 Å². The number of ether oxygens (including phenoxy) is 4.